The normalized spacial score (nSPS) is 10.7. The van der Waals surface area contributed by atoms with Crippen LogP contribution in [-0.2, 0) is 11.2 Å². The van der Waals surface area contributed by atoms with Crippen LogP contribution < -0.4 is 5.32 Å². The summed E-state index contributed by atoms with van der Waals surface area (Å²) in [7, 11) is 0. The Kier molecular flexibility index (Phi) is 4.78. The van der Waals surface area contributed by atoms with Crippen LogP contribution >= 0.6 is 0 Å². The maximum atomic E-state index is 13.5. The zero-order valence-corrected chi connectivity index (χ0v) is 12.8. The highest BCUT2D eigenvalue weighted by atomic mass is 19.2. The standard InChI is InChI=1S/C17H12F3N3O2/c18-11-6-7-12(16(20)15(11)19)21-13(24)8-9-14-22-17(23-25-14)10-4-2-1-3-5-10/h1-7H,8-9H2,(H,21,24). The van der Waals surface area contributed by atoms with E-state index < -0.39 is 29.0 Å². The van der Waals surface area contributed by atoms with Gasteiger partial charge in [0.15, 0.2) is 17.5 Å². The summed E-state index contributed by atoms with van der Waals surface area (Å²) in [4.78, 5) is 16.0. The third kappa shape index (κ3) is 3.85. The Bertz CT molecular complexity index is 897. The number of aryl methyl sites for hydroxylation is 1. The average molecular weight is 347 g/mol. The number of rotatable bonds is 5. The van der Waals surface area contributed by atoms with Crippen molar-refractivity contribution in [2.75, 3.05) is 5.32 Å². The quantitative estimate of drug-likeness (QED) is 0.714. The SMILES string of the molecule is O=C(CCc1nc(-c2ccccc2)no1)Nc1ccc(F)c(F)c1F. The third-order valence-electron chi connectivity index (χ3n) is 3.38. The molecule has 1 aromatic heterocycles. The van der Waals surface area contributed by atoms with E-state index in [1.54, 1.807) is 0 Å². The number of halogens is 3. The molecule has 0 unspecified atom stereocenters. The monoisotopic (exact) mass is 347 g/mol. The number of hydrogen-bond acceptors (Lipinski definition) is 4. The van der Waals surface area contributed by atoms with E-state index in [-0.39, 0.29) is 18.7 Å². The Morgan fingerprint density at radius 2 is 1.80 bits per heavy atom. The summed E-state index contributed by atoms with van der Waals surface area (Å²) in [5.41, 5.74) is 0.338. The second-order valence-corrected chi connectivity index (χ2v) is 5.15. The van der Waals surface area contributed by atoms with Crippen LogP contribution in [0.1, 0.15) is 12.3 Å². The van der Waals surface area contributed by atoms with Gasteiger partial charge in [0.25, 0.3) is 0 Å². The van der Waals surface area contributed by atoms with E-state index in [2.05, 4.69) is 15.5 Å². The molecule has 0 bridgehead atoms. The van der Waals surface area contributed by atoms with Gasteiger partial charge in [-0.15, -0.1) is 0 Å². The van der Waals surface area contributed by atoms with Crippen molar-refractivity contribution in [3.8, 4) is 11.4 Å². The molecular weight excluding hydrogens is 335 g/mol. The first-order chi connectivity index (χ1) is 12.0. The van der Waals surface area contributed by atoms with Crippen molar-refractivity contribution in [2.24, 2.45) is 0 Å². The molecule has 3 rings (SSSR count). The minimum atomic E-state index is -1.64. The maximum absolute atomic E-state index is 13.5. The van der Waals surface area contributed by atoms with Crippen molar-refractivity contribution in [3.05, 3.63) is 65.8 Å². The van der Waals surface area contributed by atoms with E-state index in [0.717, 1.165) is 17.7 Å². The third-order valence-corrected chi connectivity index (χ3v) is 3.38. The number of carbonyl (C=O) groups is 1. The summed E-state index contributed by atoms with van der Waals surface area (Å²) in [5, 5.41) is 5.99. The van der Waals surface area contributed by atoms with Crippen LogP contribution in [0.3, 0.4) is 0 Å². The van der Waals surface area contributed by atoms with Crippen LogP contribution in [0.5, 0.6) is 0 Å². The fraction of sp³-hybridized carbons (Fsp3) is 0.118. The Balaban J connectivity index is 1.60. The van der Waals surface area contributed by atoms with Gasteiger partial charge in [-0.3, -0.25) is 4.79 Å². The van der Waals surface area contributed by atoms with Gasteiger partial charge in [-0.05, 0) is 12.1 Å². The summed E-state index contributed by atoms with van der Waals surface area (Å²) < 4.78 is 44.5. The number of hydrogen-bond donors (Lipinski definition) is 1. The van der Waals surface area contributed by atoms with E-state index in [4.69, 9.17) is 4.52 Å². The zero-order chi connectivity index (χ0) is 17.8. The first-order valence-electron chi connectivity index (χ1n) is 7.36. The fourth-order valence-corrected chi connectivity index (χ4v) is 2.12. The molecule has 0 fully saturated rings. The molecule has 3 aromatic rings. The smallest absolute Gasteiger partial charge is 0.227 e. The second-order valence-electron chi connectivity index (χ2n) is 5.15. The molecule has 0 atom stereocenters. The number of nitrogens with one attached hydrogen (secondary N) is 1. The molecule has 2 aromatic carbocycles. The lowest BCUT2D eigenvalue weighted by Gasteiger charge is -2.06. The number of benzene rings is 2. The molecule has 1 heterocycles. The lowest BCUT2D eigenvalue weighted by atomic mass is 10.2. The minimum absolute atomic E-state index is 0.0884. The molecular formula is C17H12F3N3O2. The molecule has 25 heavy (non-hydrogen) atoms. The number of nitrogens with zero attached hydrogens (tertiary/aromatic N) is 2. The summed E-state index contributed by atoms with van der Waals surface area (Å²) in [6.45, 7) is 0. The van der Waals surface area contributed by atoms with Crippen molar-refractivity contribution in [1.29, 1.82) is 0 Å². The van der Waals surface area contributed by atoms with Crippen molar-refractivity contribution in [3.63, 3.8) is 0 Å². The Labute approximate surface area is 140 Å². The lowest BCUT2D eigenvalue weighted by molar-refractivity contribution is -0.116. The average Bonchev–Trinajstić information content (AvgIpc) is 3.10. The van der Waals surface area contributed by atoms with Crippen LogP contribution in [0, 0.1) is 17.5 Å². The van der Waals surface area contributed by atoms with Crippen molar-refractivity contribution < 1.29 is 22.5 Å². The molecule has 0 aliphatic carbocycles. The van der Waals surface area contributed by atoms with Gasteiger partial charge in [0, 0.05) is 18.4 Å². The van der Waals surface area contributed by atoms with Crippen molar-refractivity contribution >= 4 is 11.6 Å². The van der Waals surface area contributed by atoms with Gasteiger partial charge < -0.3 is 9.84 Å². The maximum Gasteiger partial charge on any atom is 0.227 e. The van der Waals surface area contributed by atoms with Crippen molar-refractivity contribution in [2.45, 2.75) is 12.8 Å². The first-order valence-corrected chi connectivity index (χ1v) is 7.36. The summed E-state index contributed by atoms with van der Waals surface area (Å²) >= 11 is 0. The molecule has 1 amide bonds. The minimum Gasteiger partial charge on any atom is -0.339 e. The Morgan fingerprint density at radius 1 is 1.04 bits per heavy atom. The van der Waals surface area contributed by atoms with Crippen LogP contribution in [0.2, 0.25) is 0 Å². The van der Waals surface area contributed by atoms with Crippen LogP contribution in [0.4, 0.5) is 18.9 Å². The lowest BCUT2D eigenvalue weighted by Crippen LogP contribution is -2.14. The fourth-order valence-electron chi connectivity index (χ4n) is 2.12. The topological polar surface area (TPSA) is 68.0 Å². The molecule has 0 saturated heterocycles. The Hall–Kier alpha value is -3.16. The molecule has 0 radical (unpaired) electrons. The van der Waals surface area contributed by atoms with E-state index in [0.29, 0.717) is 5.82 Å². The van der Waals surface area contributed by atoms with Gasteiger partial charge >= 0.3 is 0 Å². The van der Waals surface area contributed by atoms with E-state index in [1.165, 1.54) is 0 Å². The summed E-state index contributed by atoms with van der Waals surface area (Å²) in [6, 6.07) is 10.8. The molecule has 0 aliphatic rings. The second kappa shape index (κ2) is 7.16. The number of amides is 1. The number of aromatic nitrogens is 2. The van der Waals surface area contributed by atoms with Crippen LogP contribution in [0.25, 0.3) is 11.4 Å². The zero-order valence-electron chi connectivity index (χ0n) is 12.8. The molecule has 0 spiro atoms. The predicted molar refractivity (Wildman–Crippen MR) is 83.0 cm³/mol. The van der Waals surface area contributed by atoms with Gasteiger partial charge in [0.2, 0.25) is 17.6 Å². The van der Waals surface area contributed by atoms with Gasteiger partial charge in [-0.1, -0.05) is 35.5 Å². The van der Waals surface area contributed by atoms with Gasteiger partial charge in [0.05, 0.1) is 5.69 Å². The highest BCUT2D eigenvalue weighted by Gasteiger charge is 2.16. The molecule has 128 valence electrons. The van der Waals surface area contributed by atoms with E-state index in [1.807, 2.05) is 30.3 Å². The van der Waals surface area contributed by atoms with Crippen LogP contribution in [-0.4, -0.2) is 16.0 Å². The number of carbonyl (C=O) groups excluding carboxylic acids is 1. The summed E-state index contributed by atoms with van der Waals surface area (Å²) in [5.74, 6) is -4.37. The molecule has 0 saturated carbocycles. The molecule has 1 N–H and O–H groups in total. The van der Waals surface area contributed by atoms with Crippen molar-refractivity contribution in [1.82, 2.24) is 10.1 Å². The molecule has 8 heteroatoms. The first kappa shape index (κ1) is 16.7. The molecule has 5 nitrogen and oxygen atoms in total. The van der Waals surface area contributed by atoms with Gasteiger partial charge in [-0.2, -0.15) is 4.98 Å². The van der Waals surface area contributed by atoms with E-state index >= 15 is 0 Å². The van der Waals surface area contributed by atoms with Gasteiger partial charge in [0.1, 0.15) is 0 Å². The predicted octanol–water partition coefficient (Wildman–Crippen LogP) is 3.73. The Morgan fingerprint density at radius 3 is 2.56 bits per heavy atom. The highest BCUT2D eigenvalue weighted by Crippen LogP contribution is 2.20. The van der Waals surface area contributed by atoms with Gasteiger partial charge in [-0.25, -0.2) is 13.2 Å². The highest BCUT2D eigenvalue weighted by molar-refractivity contribution is 5.90. The molecule has 0 aliphatic heterocycles. The van der Waals surface area contributed by atoms with Crippen LogP contribution in [0.15, 0.2) is 47.0 Å². The summed E-state index contributed by atoms with van der Waals surface area (Å²) in [6.07, 6.45) is 0.0336. The number of anilines is 1. The van der Waals surface area contributed by atoms with E-state index in [9.17, 15) is 18.0 Å². The largest absolute Gasteiger partial charge is 0.339 e.